The molecule has 0 spiro atoms. The maximum absolute atomic E-state index is 8.77. The Morgan fingerprint density at radius 2 is 1.78 bits per heavy atom. The quantitative estimate of drug-likeness (QED) is 0.836. The number of hydrogen-bond acceptors (Lipinski definition) is 3. The number of rotatable bonds is 4. The fraction of sp³-hybridized carbons (Fsp3) is 1.00. The van der Waals surface area contributed by atoms with E-state index >= 15 is 0 Å². The molecule has 3 unspecified atom stereocenters. The monoisotopic (exact) mass is 255 g/mol. The van der Waals surface area contributed by atoms with E-state index in [4.69, 9.17) is 9.84 Å². The van der Waals surface area contributed by atoms with E-state index in [2.05, 4.69) is 18.7 Å². The van der Waals surface area contributed by atoms with Crippen LogP contribution in [0.25, 0.3) is 0 Å². The number of hydrogen-bond donors (Lipinski definition) is 1. The molecule has 0 aromatic rings. The van der Waals surface area contributed by atoms with Crippen LogP contribution >= 0.6 is 0 Å². The Bertz CT molecular complexity index is 239. The molecule has 1 aliphatic carbocycles. The number of ether oxygens (including phenoxy) is 1. The van der Waals surface area contributed by atoms with Crippen molar-refractivity contribution in [3.63, 3.8) is 0 Å². The maximum Gasteiger partial charge on any atom is 0.0701 e. The van der Waals surface area contributed by atoms with Crippen LogP contribution in [0.4, 0.5) is 0 Å². The Kier molecular flexibility index (Phi) is 5.46. The Hall–Kier alpha value is -0.120. The molecule has 1 aliphatic heterocycles. The molecule has 3 nitrogen and oxygen atoms in total. The summed E-state index contributed by atoms with van der Waals surface area (Å²) in [7, 11) is 0. The van der Waals surface area contributed by atoms with Gasteiger partial charge in [0.2, 0.25) is 0 Å². The summed E-state index contributed by atoms with van der Waals surface area (Å²) in [5.41, 5.74) is 0. The lowest BCUT2D eigenvalue weighted by atomic mass is 9.78. The minimum absolute atomic E-state index is 0.151. The number of nitrogens with zero attached hydrogens (tertiary/aromatic N) is 1. The van der Waals surface area contributed by atoms with Crippen LogP contribution in [0.3, 0.4) is 0 Å². The fourth-order valence-corrected chi connectivity index (χ4v) is 3.48. The molecule has 2 aliphatic rings. The van der Waals surface area contributed by atoms with Gasteiger partial charge in [-0.15, -0.1) is 0 Å². The molecule has 2 rings (SSSR count). The third-order valence-electron chi connectivity index (χ3n) is 5.01. The molecule has 0 radical (unpaired) electrons. The SMILES string of the molecule is CC1CCC(N2CCC(OCCO)CC2)CC1C. The van der Waals surface area contributed by atoms with E-state index in [1.165, 1.54) is 32.4 Å². The highest BCUT2D eigenvalue weighted by Gasteiger charge is 2.30. The third-order valence-corrected chi connectivity index (χ3v) is 5.01. The van der Waals surface area contributed by atoms with Gasteiger partial charge in [-0.25, -0.2) is 0 Å². The fourth-order valence-electron chi connectivity index (χ4n) is 3.48. The van der Waals surface area contributed by atoms with Gasteiger partial charge in [-0.2, -0.15) is 0 Å². The molecule has 1 saturated carbocycles. The van der Waals surface area contributed by atoms with Gasteiger partial charge in [0.1, 0.15) is 0 Å². The lowest BCUT2D eigenvalue weighted by Gasteiger charge is -2.42. The summed E-state index contributed by atoms with van der Waals surface area (Å²) in [5, 5.41) is 8.77. The van der Waals surface area contributed by atoms with Crippen molar-refractivity contribution >= 4 is 0 Å². The highest BCUT2D eigenvalue weighted by Crippen LogP contribution is 2.33. The lowest BCUT2D eigenvalue weighted by Crippen LogP contribution is -2.46. The Morgan fingerprint density at radius 1 is 1.06 bits per heavy atom. The maximum atomic E-state index is 8.77. The van der Waals surface area contributed by atoms with Crippen LogP contribution in [-0.2, 0) is 4.74 Å². The summed E-state index contributed by atoms with van der Waals surface area (Å²) < 4.78 is 5.63. The van der Waals surface area contributed by atoms with Crippen molar-refractivity contribution in [2.24, 2.45) is 11.8 Å². The first kappa shape index (κ1) is 14.3. The smallest absolute Gasteiger partial charge is 0.0701 e. The van der Waals surface area contributed by atoms with Gasteiger partial charge in [0.25, 0.3) is 0 Å². The number of aliphatic hydroxyl groups is 1. The average molecular weight is 255 g/mol. The zero-order valence-corrected chi connectivity index (χ0v) is 12.0. The second-order valence-electron chi connectivity index (χ2n) is 6.25. The van der Waals surface area contributed by atoms with Crippen molar-refractivity contribution in [1.29, 1.82) is 0 Å². The van der Waals surface area contributed by atoms with Crippen molar-refractivity contribution in [1.82, 2.24) is 4.90 Å². The number of aliphatic hydroxyl groups excluding tert-OH is 1. The van der Waals surface area contributed by atoms with Gasteiger partial charge in [-0.1, -0.05) is 13.8 Å². The molecule has 1 N–H and O–H groups in total. The molecule has 18 heavy (non-hydrogen) atoms. The first-order chi connectivity index (χ1) is 8.70. The van der Waals surface area contributed by atoms with Crippen LogP contribution in [0.15, 0.2) is 0 Å². The summed E-state index contributed by atoms with van der Waals surface area (Å²) >= 11 is 0. The summed E-state index contributed by atoms with van der Waals surface area (Å²) in [4.78, 5) is 2.68. The van der Waals surface area contributed by atoms with E-state index in [1.54, 1.807) is 0 Å². The van der Waals surface area contributed by atoms with Crippen LogP contribution in [-0.4, -0.2) is 48.5 Å². The van der Waals surface area contributed by atoms with E-state index in [9.17, 15) is 0 Å². The lowest BCUT2D eigenvalue weighted by molar-refractivity contribution is -0.0221. The summed E-state index contributed by atoms with van der Waals surface area (Å²) in [6.07, 6.45) is 6.82. The van der Waals surface area contributed by atoms with Crippen molar-refractivity contribution in [2.45, 2.75) is 58.1 Å². The highest BCUT2D eigenvalue weighted by molar-refractivity contribution is 4.85. The predicted octanol–water partition coefficient (Wildman–Crippen LogP) is 2.28. The van der Waals surface area contributed by atoms with E-state index in [1.807, 2.05) is 0 Å². The van der Waals surface area contributed by atoms with Crippen LogP contribution in [0, 0.1) is 11.8 Å². The predicted molar refractivity (Wildman–Crippen MR) is 73.6 cm³/mol. The Morgan fingerprint density at radius 3 is 2.39 bits per heavy atom. The molecule has 1 saturated heterocycles. The van der Waals surface area contributed by atoms with E-state index in [0.29, 0.717) is 12.7 Å². The van der Waals surface area contributed by atoms with Gasteiger partial charge in [-0.05, 0) is 43.9 Å². The molecule has 0 aromatic heterocycles. The van der Waals surface area contributed by atoms with Crippen LogP contribution in [0.2, 0.25) is 0 Å². The minimum Gasteiger partial charge on any atom is -0.394 e. The normalized spacial score (nSPS) is 35.8. The Balaban J connectivity index is 1.72. The van der Waals surface area contributed by atoms with Crippen LogP contribution < -0.4 is 0 Å². The molecule has 106 valence electrons. The highest BCUT2D eigenvalue weighted by atomic mass is 16.5. The first-order valence-corrected chi connectivity index (χ1v) is 7.67. The molecule has 1 heterocycles. The molecular weight excluding hydrogens is 226 g/mol. The van der Waals surface area contributed by atoms with E-state index in [0.717, 1.165) is 30.7 Å². The van der Waals surface area contributed by atoms with Gasteiger partial charge in [-0.3, -0.25) is 0 Å². The summed E-state index contributed by atoms with van der Waals surface area (Å²) in [5.74, 6) is 1.79. The van der Waals surface area contributed by atoms with Gasteiger partial charge in [0.05, 0.1) is 19.3 Å². The molecule has 0 bridgehead atoms. The van der Waals surface area contributed by atoms with Crippen LogP contribution in [0.5, 0.6) is 0 Å². The second-order valence-corrected chi connectivity index (χ2v) is 6.25. The van der Waals surface area contributed by atoms with Gasteiger partial charge < -0.3 is 14.7 Å². The zero-order chi connectivity index (χ0) is 13.0. The van der Waals surface area contributed by atoms with Crippen molar-refractivity contribution < 1.29 is 9.84 Å². The van der Waals surface area contributed by atoms with Gasteiger partial charge in [0, 0.05) is 19.1 Å². The topological polar surface area (TPSA) is 32.7 Å². The van der Waals surface area contributed by atoms with E-state index in [-0.39, 0.29) is 6.61 Å². The third kappa shape index (κ3) is 3.69. The zero-order valence-electron chi connectivity index (χ0n) is 12.0. The summed E-state index contributed by atoms with van der Waals surface area (Å²) in [6.45, 7) is 7.83. The number of likely N-dealkylation sites (tertiary alicyclic amines) is 1. The van der Waals surface area contributed by atoms with Crippen LogP contribution in [0.1, 0.15) is 46.0 Å². The minimum atomic E-state index is 0.151. The molecule has 3 heteroatoms. The van der Waals surface area contributed by atoms with E-state index < -0.39 is 0 Å². The number of piperidine rings is 1. The molecular formula is C15H29NO2. The molecule has 2 fully saturated rings. The standard InChI is InChI=1S/C15H29NO2/c1-12-3-4-14(11-13(12)2)16-7-5-15(6-8-16)18-10-9-17/h12-15,17H,3-11H2,1-2H3. The average Bonchev–Trinajstić information content (AvgIpc) is 2.40. The Labute approximate surface area is 112 Å². The van der Waals surface area contributed by atoms with Crippen molar-refractivity contribution in [3.05, 3.63) is 0 Å². The van der Waals surface area contributed by atoms with Gasteiger partial charge in [0.15, 0.2) is 0 Å². The van der Waals surface area contributed by atoms with Crippen molar-refractivity contribution in [3.8, 4) is 0 Å². The second kappa shape index (κ2) is 6.88. The largest absolute Gasteiger partial charge is 0.394 e. The molecule has 0 aromatic carbocycles. The first-order valence-electron chi connectivity index (χ1n) is 7.67. The summed E-state index contributed by atoms with van der Waals surface area (Å²) in [6, 6.07) is 0.815. The molecule has 0 amide bonds. The van der Waals surface area contributed by atoms with Gasteiger partial charge >= 0.3 is 0 Å². The van der Waals surface area contributed by atoms with Crippen molar-refractivity contribution in [2.75, 3.05) is 26.3 Å². The molecule has 3 atom stereocenters.